The van der Waals surface area contributed by atoms with Gasteiger partial charge < -0.3 is 4.74 Å². The van der Waals surface area contributed by atoms with Crippen molar-refractivity contribution in [2.45, 2.75) is 0 Å². The Morgan fingerprint density at radius 1 is 0.882 bits per heavy atom. The smallest absolute Gasteiger partial charge is 0.127 e. The quantitative estimate of drug-likeness (QED) is 0.563. The minimum Gasteiger partial charge on any atom is -0.457 e. The summed E-state index contributed by atoms with van der Waals surface area (Å²) >= 11 is 2.15. The minimum atomic E-state index is 0.823. The molecule has 0 aliphatic carbocycles. The number of rotatable bonds is 2. The number of para-hydroxylation sites is 1. The molecular weight excluding hydrogens is 343 g/mol. The normalized spacial score (nSPS) is 9.24. The van der Waals surface area contributed by atoms with Crippen molar-refractivity contribution < 1.29 is 4.74 Å². The van der Waals surface area contributed by atoms with Crippen LogP contribution in [0.1, 0.15) is 5.56 Å². The van der Waals surface area contributed by atoms with Crippen LogP contribution in [0.2, 0.25) is 0 Å². The molecule has 2 aromatic rings. The summed E-state index contributed by atoms with van der Waals surface area (Å²) < 4.78 is 5.68. The van der Waals surface area contributed by atoms with E-state index in [0.717, 1.165) is 17.1 Å². The van der Waals surface area contributed by atoms with E-state index in [0.29, 0.717) is 0 Å². The topological polar surface area (TPSA) is 9.23 Å². The molecule has 0 bridgehead atoms. The van der Waals surface area contributed by atoms with E-state index in [1.807, 2.05) is 54.6 Å². The maximum Gasteiger partial charge on any atom is 0.127 e. The first-order chi connectivity index (χ1) is 8.38. The molecule has 0 radical (unpaired) electrons. The predicted molar refractivity (Wildman–Crippen MR) is 81.4 cm³/mol. The Morgan fingerprint density at radius 2 is 1.53 bits per heavy atom. The summed E-state index contributed by atoms with van der Waals surface area (Å²) in [5.41, 5.74) is 0.995. The summed E-state index contributed by atoms with van der Waals surface area (Å²) in [6, 6.07) is 17.5. The number of halogens is 1. The average Bonchev–Trinajstić information content (AvgIpc) is 2.39. The highest BCUT2D eigenvalue weighted by molar-refractivity contribution is 14.2. The van der Waals surface area contributed by atoms with Gasteiger partial charge in [0.05, 0.1) is 0 Å². The highest BCUT2D eigenvalue weighted by atomic mass is 127. The van der Waals surface area contributed by atoms with E-state index < -0.39 is 0 Å². The van der Waals surface area contributed by atoms with Gasteiger partial charge >= 0.3 is 0 Å². The van der Waals surface area contributed by atoms with E-state index >= 15 is 0 Å². The van der Waals surface area contributed by atoms with Crippen molar-refractivity contribution in [2.24, 2.45) is 0 Å². The monoisotopic (exact) mass is 352 g/mol. The molecule has 0 N–H and O–H groups in total. The van der Waals surface area contributed by atoms with Gasteiger partial charge in [0.2, 0.25) is 0 Å². The summed E-state index contributed by atoms with van der Waals surface area (Å²) in [6.07, 6.45) is 0. The second-order valence-electron chi connectivity index (χ2n) is 3.24. The molecule has 0 amide bonds. The fourth-order valence-corrected chi connectivity index (χ4v) is 1.80. The van der Waals surface area contributed by atoms with Crippen LogP contribution < -0.4 is 4.74 Å². The molecule has 0 aliphatic heterocycles. The summed E-state index contributed by atoms with van der Waals surface area (Å²) in [6.45, 7) is 0. The summed E-state index contributed by atoms with van der Waals surface area (Å²) in [5.74, 6) is 4.70. The van der Waals surface area contributed by atoms with Crippen molar-refractivity contribution in [2.75, 3.05) is 0 Å². The van der Waals surface area contributed by atoms with Crippen LogP contribution in [0.3, 0.4) is 0 Å². The molecule has 2 aromatic carbocycles. The highest BCUT2D eigenvalue weighted by Gasteiger charge is 1.95. The van der Waals surface area contributed by atoms with Gasteiger partial charge in [-0.2, -0.15) is 0 Å². The molecule has 0 spiro atoms. The van der Waals surface area contributed by atoms with E-state index in [-0.39, 0.29) is 0 Å². The van der Waals surface area contributed by atoms with Gasteiger partial charge in [-0.05, 0) is 50.6 Å². The molecule has 0 fully saturated rings. The first-order valence-electron chi connectivity index (χ1n) is 5.00. The Hall–Kier alpha value is -1.12. The van der Waals surface area contributed by atoms with Crippen molar-refractivity contribution in [3.63, 3.8) is 0 Å². The van der Waals surface area contributed by atoms with Crippen molar-refractivity contribution in [1.82, 2.24) is 0 Å². The van der Waals surface area contributed by atoms with E-state index in [2.05, 4.69) is 32.4 Å². The van der Waals surface area contributed by atoms with Crippen LogP contribution in [-0.4, -0.2) is 0 Å². The van der Waals surface area contributed by atoms with Gasteiger partial charge in [0.15, 0.2) is 0 Å². The molecule has 0 aromatic heterocycles. The third-order valence-electron chi connectivity index (χ3n) is 2.07. The van der Waals surface area contributed by atoms with Crippen LogP contribution in [-0.2, 0) is 0 Å². The fraction of sp³-hybridized carbons (Fsp3) is 0. The van der Waals surface area contributed by atoms with E-state index in [9.17, 15) is 0 Å². The van der Waals surface area contributed by atoms with E-state index in [4.69, 9.17) is 4.74 Å². The maximum atomic E-state index is 5.68. The Labute approximate surface area is 117 Å². The van der Waals surface area contributed by atoms with Gasteiger partial charge in [-0.1, -0.05) is 24.1 Å². The SMILES string of the molecule is ISC#Cc1ccc(Oc2ccccc2)cc1. The molecule has 2 rings (SSSR count). The zero-order valence-electron chi connectivity index (χ0n) is 8.89. The van der Waals surface area contributed by atoms with Crippen LogP contribution in [0.5, 0.6) is 11.5 Å². The molecule has 17 heavy (non-hydrogen) atoms. The average molecular weight is 352 g/mol. The lowest BCUT2D eigenvalue weighted by Gasteiger charge is -2.04. The Bertz CT molecular complexity index is 526. The molecule has 0 heterocycles. The first kappa shape index (κ1) is 12.3. The third kappa shape index (κ3) is 3.99. The lowest BCUT2D eigenvalue weighted by Crippen LogP contribution is -1.83. The van der Waals surface area contributed by atoms with Gasteiger partial charge in [-0.15, -0.1) is 0 Å². The van der Waals surface area contributed by atoms with Crippen LogP contribution in [0, 0.1) is 11.2 Å². The molecule has 3 heteroatoms. The standard InChI is InChI=1S/C14H9IOS/c15-17-11-10-12-6-8-14(9-7-12)16-13-4-2-1-3-5-13/h1-9H. The van der Waals surface area contributed by atoms with Crippen LogP contribution in [0.25, 0.3) is 0 Å². The van der Waals surface area contributed by atoms with Crippen molar-refractivity contribution in [1.29, 1.82) is 0 Å². The third-order valence-corrected chi connectivity index (χ3v) is 2.91. The van der Waals surface area contributed by atoms with Gasteiger partial charge in [-0.3, -0.25) is 0 Å². The highest BCUT2D eigenvalue weighted by Crippen LogP contribution is 2.20. The maximum absolute atomic E-state index is 5.68. The largest absolute Gasteiger partial charge is 0.457 e. The van der Waals surface area contributed by atoms with Gasteiger partial charge in [0.25, 0.3) is 0 Å². The first-order valence-corrected chi connectivity index (χ1v) is 8.36. The lowest BCUT2D eigenvalue weighted by atomic mass is 10.2. The van der Waals surface area contributed by atoms with Gasteiger partial charge in [0, 0.05) is 26.8 Å². The molecule has 0 saturated carbocycles. The number of hydrogen-bond donors (Lipinski definition) is 0. The Balaban J connectivity index is 2.08. The summed E-state index contributed by atoms with van der Waals surface area (Å²) in [5, 5.41) is 2.95. The van der Waals surface area contributed by atoms with Crippen molar-refractivity contribution in [3.05, 3.63) is 60.2 Å². The molecule has 0 unspecified atom stereocenters. The second kappa shape index (κ2) is 6.58. The van der Waals surface area contributed by atoms with Crippen LogP contribution in [0.15, 0.2) is 54.6 Å². The van der Waals surface area contributed by atoms with Crippen molar-refractivity contribution in [3.8, 4) is 22.7 Å². The molecule has 0 saturated heterocycles. The second-order valence-corrected chi connectivity index (χ2v) is 4.92. The molecule has 0 atom stereocenters. The minimum absolute atomic E-state index is 0.823. The lowest BCUT2D eigenvalue weighted by molar-refractivity contribution is 0.482. The van der Waals surface area contributed by atoms with Crippen LogP contribution in [0.4, 0.5) is 0 Å². The molecule has 1 nitrogen and oxygen atoms in total. The van der Waals surface area contributed by atoms with E-state index in [1.165, 1.54) is 8.93 Å². The van der Waals surface area contributed by atoms with Gasteiger partial charge in [-0.25, -0.2) is 0 Å². The molecular formula is C14H9IOS. The fourth-order valence-electron chi connectivity index (χ4n) is 1.31. The zero-order chi connectivity index (χ0) is 11.9. The number of ether oxygens (including phenoxy) is 1. The molecule has 84 valence electrons. The predicted octanol–water partition coefficient (Wildman–Crippen LogP) is 4.87. The van der Waals surface area contributed by atoms with Crippen LogP contribution >= 0.6 is 30.1 Å². The number of hydrogen-bond acceptors (Lipinski definition) is 2. The van der Waals surface area contributed by atoms with Crippen molar-refractivity contribution >= 4 is 30.1 Å². The Kier molecular flexibility index (Phi) is 4.77. The van der Waals surface area contributed by atoms with E-state index in [1.54, 1.807) is 0 Å². The zero-order valence-corrected chi connectivity index (χ0v) is 11.9. The van der Waals surface area contributed by atoms with Gasteiger partial charge in [0.1, 0.15) is 11.5 Å². The summed E-state index contributed by atoms with van der Waals surface area (Å²) in [7, 11) is 1.48. The number of benzene rings is 2. The molecule has 0 aliphatic rings. The Morgan fingerprint density at radius 3 is 2.18 bits per heavy atom. The summed E-state index contributed by atoms with van der Waals surface area (Å²) in [4.78, 5) is 0.